The zero-order valence-electron chi connectivity index (χ0n) is 14.8. The average molecular weight is 356 g/mol. The van der Waals surface area contributed by atoms with Crippen LogP contribution >= 0.6 is 0 Å². The topological polar surface area (TPSA) is 75.6 Å². The first-order chi connectivity index (χ1) is 12.3. The van der Waals surface area contributed by atoms with E-state index in [1.165, 1.54) is 0 Å². The van der Waals surface area contributed by atoms with Gasteiger partial charge in [0.1, 0.15) is 13.2 Å². The number of hydrogen-bond donors (Lipinski definition) is 1. The van der Waals surface area contributed by atoms with E-state index in [4.69, 9.17) is 28.4 Å². The van der Waals surface area contributed by atoms with E-state index >= 15 is 0 Å². The lowest BCUT2D eigenvalue weighted by Gasteiger charge is -2.16. The summed E-state index contributed by atoms with van der Waals surface area (Å²) in [4.78, 5) is 0. The van der Waals surface area contributed by atoms with Crippen LogP contribution in [0.25, 0.3) is 0 Å². The van der Waals surface area contributed by atoms with E-state index < -0.39 is 6.10 Å². The second-order valence-corrected chi connectivity index (χ2v) is 5.53. The Hall–Kier alpha value is -1.38. The quantitative estimate of drug-likeness (QED) is 0.819. The Labute approximate surface area is 148 Å². The number of rotatable bonds is 1. The monoisotopic (exact) mass is 356 g/mol. The average Bonchev–Trinajstić information content (AvgIpc) is 2.61. The van der Waals surface area contributed by atoms with Gasteiger partial charge in [-0.3, -0.25) is 0 Å². The molecular formula is C18H28O7. The minimum absolute atomic E-state index is 0.388. The summed E-state index contributed by atoms with van der Waals surface area (Å²) in [6.07, 6.45) is -0.571. The summed E-state index contributed by atoms with van der Waals surface area (Å²) in [6, 6.07) is 5.41. The van der Waals surface area contributed by atoms with Gasteiger partial charge in [-0.05, 0) is 24.6 Å². The van der Waals surface area contributed by atoms with E-state index in [1.54, 1.807) is 19.1 Å². The molecule has 25 heavy (non-hydrogen) atoms. The summed E-state index contributed by atoms with van der Waals surface area (Å²) in [5, 5.41) is 9.74. The second kappa shape index (κ2) is 12.1. The molecule has 0 aliphatic carbocycles. The van der Waals surface area contributed by atoms with E-state index in [1.807, 2.05) is 6.07 Å². The Kier molecular flexibility index (Phi) is 9.61. The molecule has 0 aromatic heterocycles. The molecule has 1 aromatic carbocycles. The van der Waals surface area contributed by atoms with Gasteiger partial charge in [-0.1, -0.05) is 6.07 Å². The molecule has 1 heterocycles. The van der Waals surface area contributed by atoms with Gasteiger partial charge < -0.3 is 33.5 Å². The fourth-order valence-electron chi connectivity index (χ4n) is 2.20. The highest BCUT2D eigenvalue weighted by molar-refractivity contribution is 5.43. The third-order valence-electron chi connectivity index (χ3n) is 3.54. The van der Waals surface area contributed by atoms with Crippen LogP contribution in [-0.4, -0.2) is 71.2 Å². The van der Waals surface area contributed by atoms with Crippen molar-refractivity contribution in [2.45, 2.75) is 13.0 Å². The molecule has 0 amide bonds. The van der Waals surface area contributed by atoms with Crippen molar-refractivity contribution in [2.75, 3.05) is 66.1 Å². The number of hydrogen-bond acceptors (Lipinski definition) is 7. The molecule has 7 heteroatoms. The number of ether oxygens (including phenoxy) is 6. The van der Waals surface area contributed by atoms with Gasteiger partial charge >= 0.3 is 0 Å². The largest absolute Gasteiger partial charge is 0.487 e. The van der Waals surface area contributed by atoms with E-state index in [2.05, 4.69) is 0 Å². The van der Waals surface area contributed by atoms with Crippen molar-refractivity contribution >= 4 is 0 Å². The molecule has 1 N–H and O–H groups in total. The SMILES string of the molecule is C[C@H](O)c1ccc2c(c1)OCCOCCOCCOCCOCCO2. The maximum Gasteiger partial charge on any atom is 0.161 e. The fourth-order valence-corrected chi connectivity index (χ4v) is 2.20. The van der Waals surface area contributed by atoms with Crippen LogP contribution in [-0.2, 0) is 18.9 Å². The summed E-state index contributed by atoms with van der Waals surface area (Å²) in [7, 11) is 0. The Balaban J connectivity index is 1.92. The fraction of sp³-hybridized carbons (Fsp3) is 0.667. The van der Waals surface area contributed by atoms with Crippen LogP contribution in [0.5, 0.6) is 11.5 Å². The predicted molar refractivity (Wildman–Crippen MR) is 91.3 cm³/mol. The maximum absolute atomic E-state index is 9.74. The Bertz CT molecular complexity index is 478. The van der Waals surface area contributed by atoms with Crippen molar-refractivity contribution < 1.29 is 33.5 Å². The van der Waals surface area contributed by atoms with Crippen LogP contribution in [0.3, 0.4) is 0 Å². The Morgan fingerprint density at radius 3 is 1.60 bits per heavy atom. The first-order valence-corrected chi connectivity index (χ1v) is 8.66. The van der Waals surface area contributed by atoms with Crippen LogP contribution in [0.1, 0.15) is 18.6 Å². The van der Waals surface area contributed by atoms with Crippen LogP contribution < -0.4 is 9.47 Å². The first-order valence-electron chi connectivity index (χ1n) is 8.66. The van der Waals surface area contributed by atoms with Gasteiger partial charge in [0.05, 0.1) is 59.0 Å². The molecule has 1 aliphatic heterocycles. The predicted octanol–water partition coefficient (Wildman–Crippen LogP) is 1.58. The van der Waals surface area contributed by atoms with E-state index in [-0.39, 0.29) is 0 Å². The highest BCUT2D eigenvalue weighted by Gasteiger charge is 2.10. The third-order valence-corrected chi connectivity index (χ3v) is 3.54. The summed E-state index contributed by atoms with van der Waals surface area (Å²) in [5.74, 6) is 1.20. The highest BCUT2D eigenvalue weighted by Crippen LogP contribution is 2.30. The van der Waals surface area contributed by atoms with Gasteiger partial charge in [-0.25, -0.2) is 0 Å². The molecule has 2 rings (SSSR count). The van der Waals surface area contributed by atoms with E-state index in [0.717, 1.165) is 5.56 Å². The summed E-state index contributed by atoms with van der Waals surface area (Å²) < 4.78 is 33.2. The lowest BCUT2D eigenvalue weighted by molar-refractivity contribution is -0.00843. The Morgan fingerprint density at radius 2 is 1.12 bits per heavy atom. The molecule has 0 radical (unpaired) electrons. The lowest BCUT2D eigenvalue weighted by atomic mass is 10.1. The van der Waals surface area contributed by atoms with Gasteiger partial charge in [-0.2, -0.15) is 0 Å². The smallest absolute Gasteiger partial charge is 0.161 e. The van der Waals surface area contributed by atoms with Crippen molar-refractivity contribution in [3.63, 3.8) is 0 Å². The van der Waals surface area contributed by atoms with Crippen molar-refractivity contribution in [1.82, 2.24) is 0 Å². The number of aliphatic hydroxyl groups excluding tert-OH is 1. The van der Waals surface area contributed by atoms with Gasteiger partial charge in [0.2, 0.25) is 0 Å². The minimum atomic E-state index is -0.571. The Morgan fingerprint density at radius 1 is 0.680 bits per heavy atom. The number of fused-ring (bicyclic) bond motifs is 1. The van der Waals surface area contributed by atoms with Crippen molar-refractivity contribution in [3.8, 4) is 11.5 Å². The second-order valence-electron chi connectivity index (χ2n) is 5.53. The van der Waals surface area contributed by atoms with Crippen molar-refractivity contribution in [2.24, 2.45) is 0 Å². The maximum atomic E-state index is 9.74. The summed E-state index contributed by atoms with van der Waals surface area (Å²) >= 11 is 0. The molecule has 0 spiro atoms. The number of benzene rings is 1. The third kappa shape index (κ3) is 8.02. The summed E-state index contributed by atoms with van der Waals surface area (Å²) in [5.41, 5.74) is 0.771. The number of aliphatic hydroxyl groups is 1. The molecule has 0 unspecified atom stereocenters. The van der Waals surface area contributed by atoms with Gasteiger partial charge in [0.15, 0.2) is 11.5 Å². The van der Waals surface area contributed by atoms with Gasteiger partial charge in [0, 0.05) is 0 Å². The molecule has 0 saturated carbocycles. The molecule has 1 aliphatic rings. The van der Waals surface area contributed by atoms with E-state index in [0.29, 0.717) is 77.6 Å². The standard InChI is InChI=1S/C18H28O7/c1-15(19)16-2-3-17-18(14-16)25-13-11-23-9-7-21-5-4-20-6-8-22-10-12-24-17/h2-3,14-15,19H,4-13H2,1H3/t15-/m0/s1. The zero-order chi connectivity index (χ0) is 17.7. The van der Waals surface area contributed by atoms with Crippen molar-refractivity contribution in [3.05, 3.63) is 23.8 Å². The normalized spacial score (nSPS) is 20.2. The molecule has 7 nitrogen and oxygen atoms in total. The zero-order valence-corrected chi connectivity index (χ0v) is 14.8. The van der Waals surface area contributed by atoms with E-state index in [9.17, 15) is 5.11 Å². The van der Waals surface area contributed by atoms with Gasteiger partial charge in [0.25, 0.3) is 0 Å². The van der Waals surface area contributed by atoms with Crippen LogP contribution in [0.15, 0.2) is 18.2 Å². The minimum Gasteiger partial charge on any atom is -0.487 e. The van der Waals surface area contributed by atoms with Gasteiger partial charge in [-0.15, -0.1) is 0 Å². The van der Waals surface area contributed by atoms with Crippen LogP contribution in [0.2, 0.25) is 0 Å². The summed E-state index contributed by atoms with van der Waals surface area (Å²) in [6.45, 7) is 6.55. The van der Waals surface area contributed by atoms with Crippen LogP contribution in [0, 0.1) is 0 Å². The molecule has 142 valence electrons. The van der Waals surface area contributed by atoms with Crippen LogP contribution in [0.4, 0.5) is 0 Å². The first kappa shape index (κ1) is 19.9. The molecule has 0 bridgehead atoms. The molecule has 0 fully saturated rings. The lowest BCUT2D eigenvalue weighted by Crippen LogP contribution is -2.16. The molecule has 1 aromatic rings. The highest BCUT2D eigenvalue weighted by atomic mass is 16.6. The molecular weight excluding hydrogens is 328 g/mol. The molecule has 0 saturated heterocycles. The molecule has 1 atom stereocenters. The van der Waals surface area contributed by atoms with Crippen molar-refractivity contribution in [1.29, 1.82) is 0 Å².